The summed E-state index contributed by atoms with van der Waals surface area (Å²) in [5.41, 5.74) is 2.90. The monoisotopic (exact) mass is 172 g/mol. The zero-order valence-electron chi connectivity index (χ0n) is 7.88. The number of methoxy groups -OCH3 is 1. The molecule has 1 aliphatic carbocycles. The number of hydrogen-bond donors (Lipinski definition) is 2. The lowest BCUT2D eigenvalue weighted by atomic mass is 9.96. The maximum atomic E-state index is 5.49. The van der Waals surface area contributed by atoms with Crippen molar-refractivity contribution in [1.82, 2.24) is 5.43 Å². The molecule has 3 nitrogen and oxygen atoms in total. The van der Waals surface area contributed by atoms with E-state index >= 15 is 0 Å². The van der Waals surface area contributed by atoms with Crippen LogP contribution in [0.1, 0.15) is 32.1 Å². The van der Waals surface area contributed by atoms with Crippen molar-refractivity contribution in [3.05, 3.63) is 0 Å². The topological polar surface area (TPSA) is 47.3 Å². The van der Waals surface area contributed by atoms with E-state index in [0.717, 1.165) is 18.9 Å². The Bertz CT molecular complexity index is 113. The third kappa shape index (κ3) is 2.73. The van der Waals surface area contributed by atoms with Gasteiger partial charge in [-0.25, -0.2) is 0 Å². The van der Waals surface area contributed by atoms with E-state index in [2.05, 4.69) is 5.43 Å². The van der Waals surface area contributed by atoms with Crippen molar-refractivity contribution >= 4 is 0 Å². The summed E-state index contributed by atoms with van der Waals surface area (Å²) >= 11 is 0. The summed E-state index contributed by atoms with van der Waals surface area (Å²) in [4.78, 5) is 0. The molecule has 0 radical (unpaired) electrons. The van der Waals surface area contributed by atoms with Gasteiger partial charge in [0.15, 0.2) is 0 Å². The molecule has 3 N–H and O–H groups in total. The van der Waals surface area contributed by atoms with Crippen LogP contribution in [0.3, 0.4) is 0 Å². The average molecular weight is 172 g/mol. The molecule has 1 fully saturated rings. The first-order valence-corrected chi connectivity index (χ1v) is 4.83. The van der Waals surface area contributed by atoms with Gasteiger partial charge in [-0.15, -0.1) is 0 Å². The van der Waals surface area contributed by atoms with Gasteiger partial charge in [-0.3, -0.25) is 11.3 Å². The Morgan fingerprint density at radius 2 is 2.17 bits per heavy atom. The van der Waals surface area contributed by atoms with Crippen LogP contribution in [0.2, 0.25) is 0 Å². The van der Waals surface area contributed by atoms with Crippen molar-refractivity contribution in [2.75, 3.05) is 13.7 Å². The minimum atomic E-state index is 0.465. The standard InChI is InChI=1S/C9H20N2O/c1-12-7-6-9(11-10)8-4-2-3-5-8/h8-9,11H,2-7,10H2,1H3. The van der Waals surface area contributed by atoms with Gasteiger partial charge in [0, 0.05) is 19.8 Å². The zero-order valence-corrected chi connectivity index (χ0v) is 7.88. The van der Waals surface area contributed by atoms with Crippen molar-refractivity contribution in [3.8, 4) is 0 Å². The van der Waals surface area contributed by atoms with Gasteiger partial charge in [0.1, 0.15) is 0 Å². The molecule has 0 saturated heterocycles. The van der Waals surface area contributed by atoms with Crippen molar-refractivity contribution < 1.29 is 4.74 Å². The maximum Gasteiger partial charge on any atom is 0.0477 e. The number of rotatable bonds is 5. The lowest BCUT2D eigenvalue weighted by molar-refractivity contribution is 0.170. The molecule has 0 aromatic heterocycles. The van der Waals surface area contributed by atoms with Crippen molar-refractivity contribution in [2.45, 2.75) is 38.1 Å². The van der Waals surface area contributed by atoms with Gasteiger partial charge < -0.3 is 4.74 Å². The minimum Gasteiger partial charge on any atom is -0.385 e. The van der Waals surface area contributed by atoms with E-state index in [4.69, 9.17) is 10.6 Å². The number of ether oxygens (including phenoxy) is 1. The molecule has 0 aliphatic heterocycles. The molecule has 1 aliphatic rings. The van der Waals surface area contributed by atoms with Crippen LogP contribution in [-0.2, 0) is 4.74 Å². The van der Waals surface area contributed by atoms with E-state index in [-0.39, 0.29) is 0 Å². The fourth-order valence-electron chi connectivity index (χ4n) is 2.06. The molecule has 1 unspecified atom stereocenters. The summed E-state index contributed by atoms with van der Waals surface area (Å²) in [7, 11) is 1.74. The zero-order chi connectivity index (χ0) is 8.81. The fraction of sp³-hybridized carbons (Fsp3) is 1.00. The summed E-state index contributed by atoms with van der Waals surface area (Å²) in [6.45, 7) is 0.811. The Kier molecular flexibility index (Phi) is 4.58. The smallest absolute Gasteiger partial charge is 0.0477 e. The lowest BCUT2D eigenvalue weighted by Gasteiger charge is -2.21. The molecule has 1 atom stereocenters. The molecule has 0 heterocycles. The molecule has 1 rings (SSSR count). The minimum absolute atomic E-state index is 0.465. The maximum absolute atomic E-state index is 5.49. The highest BCUT2D eigenvalue weighted by molar-refractivity contribution is 4.78. The van der Waals surface area contributed by atoms with E-state index in [0.29, 0.717) is 6.04 Å². The molecule has 0 spiro atoms. The highest BCUT2D eigenvalue weighted by Crippen LogP contribution is 2.28. The SMILES string of the molecule is COCCC(NN)C1CCCC1. The fourth-order valence-corrected chi connectivity index (χ4v) is 2.06. The molecule has 3 heteroatoms. The highest BCUT2D eigenvalue weighted by Gasteiger charge is 2.23. The second-order valence-corrected chi connectivity index (χ2v) is 3.60. The number of nitrogens with one attached hydrogen (secondary N) is 1. The molecular formula is C9H20N2O. The Morgan fingerprint density at radius 3 is 2.67 bits per heavy atom. The second-order valence-electron chi connectivity index (χ2n) is 3.60. The molecule has 1 saturated carbocycles. The van der Waals surface area contributed by atoms with Crippen LogP contribution in [0.15, 0.2) is 0 Å². The Hall–Kier alpha value is -0.120. The first-order valence-electron chi connectivity index (χ1n) is 4.83. The Morgan fingerprint density at radius 1 is 1.50 bits per heavy atom. The lowest BCUT2D eigenvalue weighted by Crippen LogP contribution is -2.40. The predicted octanol–water partition coefficient (Wildman–Crippen LogP) is 1.04. The van der Waals surface area contributed by atoms with Crippen LogP contribution in [-0.4, -0.2) is 19.8 Å². The molecule has 0 aromatic rings. The number of nitrogens with two attached hydrogens (primary N) is 1. The van der Waals surface area contributed by atoms with Gasteiger partial charge in [0.2, 0.25) is 0 Å². The van der Waals surface area contributed by atoms with Crippen LogP contribution in [0, 0.1) is 5.92 Å². The molecule has 72 valence electrons. The van der Waals surface area contributed by atoms with E-state index in [1.165, 1.54) is 25.7 Å². The number of hydrazine groups is 1. The molecule has 0 aromatic carbocycles. The van der Waals surface area contributed by atoms with Gasteiger partial charge in [-0.1, -0.05) is 12.8 Å². The first kappa shape index (κ1) is 9.96. The highest BCUT2D eigenvalue weighted by atomic mass is 16.5. The van der Waals surface area contributed by atoms with Crippen molar-refractivity contribution in [3.63, 3.8) is 0 Å². The van der Waals surface area contributed by atoms with Crippen molar-refractivity contribution in [1.29, 1.82) is 0 Å². The predicted molar refractivity (Wildman–Crippen MR) is 49.6 cm³/mol. The third-order valence-electron chi connectivity index (χ3n) is 2.82. The van der Waals surface area contributed by atoms with Crippen LogP contribution >= 0.6 is 0 Å². The second kappa shape index (κ2) is 5.51. The summed E-state index contributed by atoms with van der Waals surface area (Å²) in [5.74, 6) is 6.27. The van der Waals surface area contributed by atoms with Gasteiger partial charge >= 0.3 is 0 Å². The summed E-state index contributed by atoms with van der Waals surface area (Å²) in [6, 6.07) is 0.465. The summed E-state index contributed by atoms with van der Waals surface area (Å²) in [5, 5.41) is 0. The van der Waals surface area contributed by atoms with Gasteiger partial charge in [-0.05, 0) is 25.2 Å². The van der Waals surface area contributed by atoms with E-state index in [9.17, 15) is 0 Å². The largest absolute Gasteiger partial charge is 0.385 e. The Balaban J connectivity index is 2.22. The van der Waals surface area contributed by atoms with E-state index in [1.807, 2.05) is 0 Å². The van der Waals surface area contributed by atoms with E-state index < -0.39 is 0 Å². The molecule has 12 heavy (non-hydrogen) atoms. The Labute approximate surface area is 74.6 Å². The van der Waals surface area contributed by atoms with Gasteiger partial charge in [0.25, 0.3) is 0 Å². The van der Waals surface area contributed by atoms with E-state index in [1.54, 1.807) is 7.11 Å². The van der Waals surface area contributed by atoms with Gasteiger partial charge in [-0.2, -0.15) is 0 Å². The normalized spacial score (nSPS) is 21.5. The van der Waals surface area contributed by atoms with Crippen LogP contribution in [0.5, 0.6) is 0 Å². The number of hydrogen-bond acceptors (Lipinski definition) is 3. The average Bonchev–Trinajstić information content (AvgIpc) is 2.59. The quantitative estimate of drug-likeness (QED) is 0.481. The third-order valence-corrected chi connectivity index (χ3v) is 2.82. The first-order chi connectivity index (χ1) is 5.88. The van der Waals surface area contributed by atoms with Crippen molar-refractivity contribution in [2.24, 2.45) is 11.8 Å². The van der Waals surface area contributed by atoms with Crippen LogP contribution in [0.4, 0.5) is 0 Å². The molecule has 0 amide bonds. The molecule has 0 bridgehead atoms. The summed E-state index contributed by atoms with van der Waals surface area (Å²) in [6.07, 6.45) is 6.44. The molecular weight excluding hydrogens is 152 g/mol. The van der Waals surface area contributed by atoms with Crippen LogP contribution < -0.4 is 11.3 Å². The summed E-state index contributed by atoms with van der Waals surface area (Å²) < 4.78 is 5.04. The van der Waals surface area contributed by atoms with Crippen LogP contribution in [0.25, 0.3) is 0 Å². The van der Waals surface area contributed by atoms with Gasteiger partial charge in [0.05, 0.1) is 0 Å².